The molecule has 0 unspecified atom stereocenters. The van der Waals surface area contributed by atoms with Gasteiger partial charge < -0.3 is 0 Å². The van der Waals surface area contributed by atoms with Crippen LogP contribution >= 0.6 is 23.2 Å². The standard InChI is InChI=1S/C14H15Cl2N/c1-10-4-6-14(9-17,7-5-10)11-2-3-12(15)13(16)8-11/h2-3,8,10H,4-7H2,1H3/t10-,14-. The molecule has 3 heteroatoms. The highest BCUT2D eigenvalue weighted by Crippen LogP contribution is 2.42. The van der Waals surface area contributed by atoms with Crippen molar-refractivity contribution in [2.24, 2.45) is 5.92 Å². The van der Waals surface area contributed by atoms with Gasteiger partial charge in [-0.05, 0) is 49.3 Å². The van der Waals surface area contributed by atoms with Gasteiger partial charge in [-0.1, -0.05) is 36.2 Å². The Morgan fingerprint density at radius 2 is 1.88 bits per heavy atom. The molecule has 0 heterocycles. The zero-order valence-corrected chi connectivity index (χ0v) is 11.4. The lowest BCUT2D eigenvalue weighted by atomic mass is 9.68. The van der Waals surface area contributed by atoms with Crippen molar-refractivity contribution in [1.82, 2.24) is 0 Å². The zero-order chi connectivity index (χ0) is 12.5. The molecular weight excluding hydrogens is 253 g/mol. The second kappa shape index (κ2) is 4.88. The van der Waals surface area contributed by atoms with Crippen LogP contribution in [0.4, 0.5) is 0 Å². The lowest BCUT2D eigenvalue weighted by molar-refractivity contribution is 0.294. The van der Waals surface area contributed by atoms with E-state index in [2.05, 4.69) is 13.0 Å². The Morgan fingerprint density at radius 1 is 1.24 bits per heavy atom. The lowest BCUT2D eigenvalue weighted by Crippen LogP contribution is -2.29. The number of benzene rings is 1. The number of halogens is 2. The van der Waals surface area contributed by atoms with E-state index in [0.29, 0.717) is 10.0 Å². The molecule has 17 heavy (non-hydrogen) atoms. The van der Waals surface area contributed by atoms with E-state index in [1.165, 1.54) is 0 Å². The van der Waals surface area contributed by atoms with E-state index in [0.717, 1.165) is 37.2 Å². The summed E-state index contributed by atoms with van der Waals surface area (Å²) in [6.07, 6.45) is 4.05. The Kier molecular flexibility index (Phi) is 3.66. The van der Waals surface area contributed by atoms with Crippen molar-refractivity contribution in [2.45, 2.75) is 38.0 Å². The fraction of sp³-hybridized carbons (Fsp3) is 0.500. The summed E-state index contributed by atoms with van der Waals surface area (Å²) < 4.78 is 0. The number of hydrogen-bond acceptors (Lipinski definition) is 1. The van der Waals surface area contributed by atoms with Crippen molar-refractivity contribution in [1.29, 1.82) is 5.26 Å². The van der Waals surface area contributed by atoms with Gasteiger partial charge in [-0.15, -0.1) is 0 Å². The molecule has 0 bridgehead atoms. The Bertz CT molecular complexity index is 454. The van der Waals surface area contributed by atoms with Gasteiger partial charge in [-0.3, -0.25) is 0 Å². The van der Waals surface area contributed by atoms with E-state index >= 15 is 0 Å². The molecule has 0 spiro atoms. The average Bonchev–Trinajstić information content (AvgIpc) is 2.34. The number of nitrogens with zero attached hydrogens (tertiary/aromatic N) is 1. The summed E-state index contributed by atoms with van der Waals surface area (Å²) >= 11 is 12.0. The molecule has 2 rings (SSSR count). The van der Waals surface area contributed by atoms with E-state index in [9.17, 15) is 5.26 Å². The molecule has 1 fully saturated rings. The van der Waals surface area contributed by atoms with Gasteiger partial charge in [0.15, 0.2) is 0 Å². The monoisotopic (exact) mass is 267 g/mol. The molecule has 0 aromatic heterocycles. The third kappa shape index (κ3) is 2.44. The van der Waals surface area contributed by atoms with Crippen molar-refractivity contribution in [3.63, 3.8) is 0 Å². The van der Waals surface area contributed by atoms with Gasteiger partial charge in [0.1, 0.15) is 0 Å². The Labute approximate surface area is 112 Å². The van der Waals surface area contributed by atoms with E-state index in [-0.39, 0.29) is 5.41 Å². The van der Waals surface area contributed by atoms with E-state index in [4.69, 9.17) is 23.2 Å². The highest BCUT2D eigenvalue weighted by molar-refractivity contribution is 6.42. The van der Waals surface area contributed by atoms with Crippen LogP contribution in [-0.4, -0.2) is 0 Å². The van der Waals surface area contributed by atoms with Crippen molar-refractivity contribution < 1.29 is 0 Å². The summed E-state index contributed by atoms with van der Waals surface area (Å²) in [4.78, 5) is 0. The van der Waals surface area contributed by atoms with Crippen molar-refractivity contribution in [3.8, 4) is 6.07 Å². The van der Waals surface area contributed by atoms with Crippen LogP contribution in [0.5, 0.6) is 0 Å². The maximum Gasteiger partial charge on any atom is 0.0823 e. The van der Waals surface area contributed by atoms with Gasteiger partial charge in [0, 0.05) is 0 Å². The van der Waals surface area contributed by atoms with Gasteiger partial charge >= 0.3 is 0 Å². The quantitative estimate of drug-likeness (QED) is 0.705. The van der Waals surface area contributed by atoms with Crippen LogP contribution in [0.3, 0.4) is 0 Å². The van der Waals surface area contributed by atoms with E-state index in [1.54, 1.807) is 6.07 Å². The topological polar surface area (TPSA) is 23.8 Å². The minimum Gasteiger partial charge on any atom is -0.197 e. The van der Waals surface area contributed by atoms with Crippen LogP contribution in [0, 0.1) is 17.2 Å². The first kappa shape index (κ1) is 12.7. The van der Waals surface area contributed by atoms with Gasteiger partial charge in [0.2, 0.25) is 0 Å². The highest BCUT2D eigenvalue weighted by Gasteiger charge is 2.36. The second-order valence-corrected chi connectivity index (χ2v) is 5.82. The summed E-state index contributed by atoms with van der Waals surface area (Å²) in [5.74, 6) is 0.722. The third-order valence-electron chi connectivity index (χ3n) is 3.81. The summed E-state index contributed by atoms with van der Waals surface area (Å²) in [5, 5.41) is 10.6. The molecule has 90 valence electrons. The predicted molar refractivity (Wildman–Crippen MR) is 71.4 cm³/mol. The Hall–Kier alpha value is -0.710. The fourth-order valence-electron chi connectivity index (χ4n) is 2.51. The maximum atomic E-state index is 9.52. The predicted octanol–water partition coefficient (Wildman–Crippen LogP) is 4.96. The second-order valence-electron chi connectivity index (χ2n) is 5.01. The maximum absolute atomic E-state index is 9.52. The molecule has 0 amide bonds. The van der Waals surface area contributed by atoms with Crippen LogP contribution in [0.1, 0.15) is 38.2 Å². The molecule has 1 aromatic carbocycles. The molecule has 0 radical (unpaired) electrons. The molecule has 0 saturated heterocycles. The molecule has 1 aromatic rings. The smallest absolute Gasteiger partial charge is 0.0823 e. The third-order valence-corrected chi connectivity index (χ3v) is 4.55. The van der Waals surface area contributed by atoms with Crippen LogP contribution in [0.15, 0.2) is 18.2 Å². The van der Waals surface area contributed by atoms with Crippen LogP contribution < -0.4 is 0 Å². The van der Waals surface area contributed by atoms with Crippen LogP contribution in [-0.2, 0) is 5.41 Å². The van der Waals surface area contributed by atoms with Gasteiger partial charge in [-0.2, -0.15) is 5.26 Å². The van der Waals surface area contributed by atoms with Crippen LogP contribution in [0.25, 0.3) is 0 Å². The van der Waals surface area contributed by atoms with Gasteiger partial charge in [0.05, 0.1) is 21.5 Å². The average molecular weight is 268 g/mol. The largest absolute Gasteiger partial charge is 0.197 e. The normalized spacial score (nSPS) is 28.7. The number of hydrogen-bond donors (Lipinski definition) is 0. The van der Waals surface area contributed by atoms with Crippen LogP contribution in [0.2, 0.25) is 10.0 Å². The van der Waals surface area contributed by atoms with Gasteiger partial charge in [-0.25, -0.2) is 0 Å². The van der Waals surface area contributed by atoms with E-state index in [1.807, 2.05) is 12.1 Å². The molecule has 1 nitrogen and oxygen atoms in total. The summed E-state index contributed by atoms with van der Waals surface area (Å²) in [6, 6.07) is 8.08. The minimum atomic E-state index is -0.360. The van der Waals surface area contributed by atoms with Crippen molar-refractivity contribution >= 4 is 23.2 Å². The summed E-state index contributed by atoms with van der Waals surface area (Å²) in [7, 11) is 0. The molecule has 0 N–H and O–H groups in total. The summed E-state index contributed by atoms with van der Waals surface area (Å²) in [5.41, 5.74) is 0.655. The number of nitriles is 1. The van der Waals surface area contributed by atoms with Crippen molar-refractivity contribution in [3.05, 3.63) is 33.8 Å². The van der Waals surface area contributed by atoms with Gasteiger partial charge in [0.25, 0.3) is 0 Å². The molecule has 0 atom stereocenters. The first-order chi connectivity index (χ1) is 8.07. The summed E-state index contributed by atoms with van der Waals surface area (Å²) in [6.45, 7) is 2.25. The first-order valence-corrected chi connectivity index (χ1v) is 6.70. The zero-order valence-electron chi connectivity index (χ0n) is 9.84. The molecule has 1 aliphatic rings. The molecule has 1 aliphatic carbocycles. The Morgan fingerprint density at radius 3 is 2.41 bits per heavy atom. The van der Waals surface area contributed by atoms with Crippen molar-refractivity contribution in [2.75, 3.05) is 0 Å². The highest BCUT2D eigenvalue weighted by atomic mass is 35.5. The minimum absolute atomic E-state index is 0.360. The SMILES string of the molecule is C[C@H]1CC[C@](C#N)(c2ccc(Cl)c(Cl)c2)CC1. The molecule has 0 aliphatic heterocycles. The number of rotatable bonds is 1. The Balaban J connectivity index is 2.35. The van der Waals surface area contributed by atoms with E-state index < -0.39 is 0 Å². The molecular formula is C14H15Cl2N. The first-order valence-electron chi connectivity index (χ1n) is 5.94. The lowest BCUT2D eigenvalue weighted by Gasteiger charge is -2.34. The fourth-order valence-corrected chi connectivity index (χ4v) is 2.81. The molecule has 1 saturated carbocycles.